The van der Waals surface area contributed by atoms with Crippen molar-refractivity contribution in [3.63, 3.8) is 0 Å². The molecule has 0 spiro atoms. The number of rotatable bonds is 8. The second-order valence-corrected chi connectivity index (χ2v) is 7.54. The molecule has 0 aliphatic carbocycles. The summed E-state index contributed by atoms with van der Waals surface area (Å²) in [5.74, 6) is -0.799. The number of carbonyl (C=O) groups excluding carboxylic acids is 1. The standard InChI is InChI=1S/C23H23F3N4O2S/c1-2-3-7-14-32-20-11-10-16(15-18(20)23(24,25)26)28-22(33)29-21(31)19-12-13-27-30(19)17-8-5-4-6-9-17/h4-6,8-13,15H,2-3,7,14H2,1H3,(H2,28,29,31,33). The molecule has 0 aliphatic heterocycles. The molecule has 33 heavy (non-hydrogen) atoms. The van der Waals surface area contributed by atoms with Crippen LogP contribution in [-0.4, -0.2) is 27.4 Å². The average Bonchev–Trinajstić information content (AvgIpc) is 3.27. The van der Waals surface area contributed by atoms with Crippen molar-refractivity contribution in [1.82, 2.24) is 15.1 Å². The first-order valence-electron chi connectivity index (χ1n) is 10.4. The minimum atomic E-state index is -4.61. The number of hydrogen-bond donors (Lipinski definition) is 2. The van der Waals surface area contributed by atoms with E-state index in [1.807, 2.05) is 13.0 Å². The molecule has 2 N–H and O–H groups in total. The monoisotopic (exact) mass is 476 g/mol. The number of alkyl halides is 3. The van der Waals surface area contributed by atoms with Crippen LogP contribution >= 0.6 is 12.2 Å². The molecule has 3 aromatic rings. The van der Waals surface area contributed by atoms with E-state index in [-0.39, 0.29) is 28.9 Å². The van der Waals surface area contributed by atoms with Gasteiger partial charge in [0.2, 0.25) is 0 Å². The van der Waals surface area contributed by atoms with E-state index in [2.05, 4.69) is 15.7 Å². The molecule has 2 aromatic carbocycles. The van der Waals surface area contributed by atoms with Gasteiger partial charge in [0.25, 0.3) is 5.91 Å². The van der Waals surface area contributed by atoms with Gasteiger partial charge in [0.1, 0.15) is 11.4 Å². The number of para-hydroxylation sites is 1. The fourth-order valence-electron chi connectivity index (χ4n) is 3.07. The largest absolute Gasteiger partial charge is 0.493 e. The van der Waals surface area contributed by atoms with E-state index in [0.717, 1.165) is 18.9 Å². The predicted molar refractivity (Wildman–Crippen MR) is 124 cm³/mol. The number of ether oxygens (including phenoxy) is 1. The Kier molecular flexibility index (Phi) is 8.05. The Hall–Kier alpha value is -3.40. The van der Waals surface area contributed by atoms with E-state index < -0.39 is 17.6 Å². The second kappa shape index (κ2) is 11.0. The zero-order chi connectivity index (χ0) is 23.8. The van der Waals surface area contributed by atoms with Crippen molar-refractivity contribution in [2.24, 2.45) is 0 Å². The smallest absolute Gasteiger partial charge is 0.420 e. The first-order chi connectivity index (χ1) is 15.8. The molecule has 0 atom stereocenters. The van der Waals surface area contributed by atoms with Crippen molar-refractivity contribution in [3.8, 4) is 11.4 Å². The minimum Gasteiger partial charge on any atom is -0.493 e. The fourth-order valence-corrected chi connectivity index (χ4v) is 3.28. The summed E-state index contributed by atoms with van der Waals surface area (Å²) in [5, 5.41) is 9.08. The van der Waals surface area contributed by atoms with Gasteiger partial charge >= 0.3 is 6.18 Å². The van der Waals surface area contributed by atoms with Gasteiger partial charge < -0.3 is 10.1 Å². The van der Waals surface area contributed by atoms with E-state index in [1.165, 1.54) is 29.1 Å². The van der Waals surface area contributed by atoms with Crippen molar-refractivity contribution in [3.05, 3.63) is 72.1 Å². The minimum absolute atomic E-state index is 0.0742. The van der Waals surface area contributed by atoms with Crippen LogP contribution in [0.2, 0.25) is 0 Å². The molecule has 6 nitrogen and oxygen atoms in total. The highest BCUT2D eigenvalue weighted by Gasteiger charge is 2.34. The molecule has 0 unspecified atom stereocenters. The highest BCUT2D eigenvalue weighted by Crippen LogP contribution is 2.38. The number of hydrogen-bond acceptors (Lipinski definition) is 4. The molecule has 1 aromatic heterocycles. The van der Waals surface area contributed by atoms with Gasteiger partial charge in [-0.2, -0.15) is 18.3 Å². The summed E-state index contributed by atoms with van der Waals surface area (Å²) in [6.07, 6.45) is -0.659. The van der Waals surface area contributed by atoms with E-state index in [9.17, 15) is 18.0 Å². The molecule has 1 heterocycles. The maximum Gasteiger partial charge on any atom is 0.420 e. The van der Waals surface area contributed by atoms with Gasteiger partial charge in [-0.05, 0) is 55.0 Å². The Bertz CT molecular complexity index is 1100. The van der Waals surface area contributed by atoms with Gasteiger partial charge in [0, 0.05) is 5.69 Å². The van der Waals surface area contributed by atoms with Crippen LogP contribution in [0.15, 0.2) is 60.8 Å². The third-order valence-corrected chi connectivity index (χ3v) is 4.86. The summed E-state index contributed by atoms with van der Waals surface area (Å²) in [5.41, 5.74) is 0.0541. The maximum atomic E-state index is 13.5. The number of nitrogens with zero attached hydrogens (tertiary/aromatic N) is 2. The first-order valence-corrected chi connectivity index (χ1v) is 10.8. The van der Waals surface area contributed by atoms with Crippen LogP contribution in [0.1, 0.15) is 42.2 Å². The lowest BCUT2D eigenvalue weighted by Crippen LogP contribution is -2.35. The number of amides is 1. The van der Waals surface area contributed by atoms with Crippen molar-refractivity contribution < 1.29 is 22.7 Å². The molecule has 0 saturated carbocycles. The first kappa shape index (κ1) is 24.2. The van der Waals surface area contributed by atoms with Crippen LogP contribution < -0.4 is 15.4 Å². The van der Waals surface area contributed by atoms with Crippen LogP contribution in [0.5, 0.6) is 5.75 Å². The van der Waals surface area contributed by atoms with E-state index in [1.54, 1.807) is 24.3 Å². The zero-order valence-electron chi connectivity index (χ0n) is 17.9. The number of benzene rings is 2. The fraction of sp³-hybridized carbons (Fsp3) is 0.261. The van der Waals surface area contributed by atoms with Crippen LogP contribution in [-0.2, 0) is 6.18 Å². The molecule has 0 bridgehead atoms. The van der Waals surface area contributed by atoms with Crippen LogP contribution in [0.4, 0.5) is 18.9 Å². The summed E-state index contributed by atoms with van der Waals surface area (Å²) < 4.78 is 47.3. The quantitative estimate of drug-likeness (QED) is 0.328. The van der Waals surface area contributed by atoms with E-state index in [4.69, 9.17) is 17.0 Å². The number of carbonyl (C=O) groups is 1. The molecule has 0 saturated heterocycles. The Morgan fingerprint density at radius 1 is 1.12 bits per heavy atom. The van der Waals surface area contributed by atoms with Crippen molar-refractivity contribution in [2.75, 3.05) is 11.9 Å². The molecule has 3 rings (SSSR count). The number of halogens is 3. The topological polar surface area (TPSA) is 68.2 Å². The SMILES string of the molecule is CCCCCOc1ccc(NC(=S)NC(=O)c2ccnn2-c2ccccc2)cc1C(F)(F)F. The lowest BCUT2D eigenvalue weighted by Gasteiger charge is -2.16. The van der Waals surface area contributed by atoms with Gasteiger partial charge in [0.05, 0.1) is 24.1 Å². The predicted octanol–water partition coefficient (Wildman–Crippen LogP) is 5.59. The summed E-state index contributed by atoms with van der Waals surface area (Å²) in [4.78, 5) is 12.7. The molecular formula is C23H23F3N4O2S. The van der Waals surface area contributed by atoms with Crippen LogP contribution in [0, 0.1) is 0 Å². The maximum absolute atomic E-state index is 13.5. The van der Waals surface area contributed by atoms with Gasteiger partial charge in [0.15, 0.2) is 5.11 Å². The summed E-state index contributed by atoms with van der Waals surface area (Å²) >= 11 is 5.13. The molecule has 0 fully saturated rings. The number of anilines is 1. The Labute approximate surface area is 194 Å². The van der Waals surface area contributed by atoms with Gasteiger partial charge in [-0.1, -0.05) is 38.0 Å². The van der Waals surface area contributed by atoms with Crippen LogP contribution in [0.3, 0.4) is 0 Å². The highest BCUT2D eigenvalue weighted by molar-refractivity contribution is 7.80. The Balaban J connectivity index is 1.69. The molecule has 0 radical (unpaired) electrons. The van der Waals surface area contributed by atoms with E-state index >= 15 is 0 Å². The second-order valence-electron chi connectivity index (χ2n) is 7.14. The Morgan fingerprint density at radius 3 is 2.58 bits per heavy atom. The van der Waals surface area contributed by atoms with Gasteiger partial charge in [-0.3, -0.25) is 10.1 Å². The van der Waals surface area contributed by atoms with Crippen molar-refractivity contribution in [1.29, 1.82) is 0 Å². The third-order valence-electron chi connectivity index (χ3n) is 4.65. The lowest BCUT2D eigenvalue weighted by molar-refractivity contribution is -0.138. The van der Waals surface area contributed by atoms with Crippen LogP contribution in [0.25, 0.3) is 5.69 Å². The lowest BCUT2D eigenvalue weighted by atomic mass is 10.1. The normalized spacial score (nSPS) is 11.2. The molecule has 1 amide bonds. The number of unbranched alkanes of at least 4 members (excludes halogenated alkanes) is 2. The molecule has 10 heteroatoms. The molecular weight excluding hydrogens is 453 g/mol. The van der Waals surface area contributed by atoms with Gasteiger partial charge in [-0.25, -0.2) is 4.68 Å². The zero-order valence-corrected chi connectivity index (χ0v) is 18.7. The van der Waals surface area contributed by atoms with E-state index in [0.29, 0.717) is 12.1 Å². The number of aromatic nitrogens is 2. The Morgan fingerprint density at radius 2 is 1.88 bits per heavy atom. The summed E-state index contributed by atoms with van der Waals surface area (Å²) in [6.45, 7) is 2.20. The number of thiocarbonyl (C=S) groups is 1. The van der Waals surface area contributed by atoms with Gasteiger partial charge in [-0.15, -0.1) is 0 Å². The van der Waals surface area contributed by atoms with Crippen molar-refractivity contribution >= 4 is 28.9 Å². The third kappa shape index (κ3) is 6.55. The highest BCUT2D eigenvalue weighted by atomic mass is 32.1. The van der Waals surface area contributed by atoms with Crippen molar-refractivity contribution in [2.45, 2.75) is 32.4 Å². The number of nitrogens with one attached hydrogen (secondary N) is 2. The summed E-state index contributed by atoms with van der Waals surface area (Å²) in [7, 11) is 0. The summed E-state index contributed by atoms with van der Waals surface area (Å²) in [6, 6.07) is 14.1. The molecule has 174 valence electrons. The molecule has 0 aliphatic rings. The average molecular weight is 477 g/mol.